The summed E-state index contributed by atoms with van der Waals surface area (Å²) in [6.07, 6.45) is 0.897. The number of nitrogens with one attached hydrogen (secondary N) is 1. The van der Waals surface area contributed by atoms with Crippen LogP contribution in [0.25, 0.3) is 0 Å². The molecule has 3 heteroatoms. The molecule has 0 aliphatic heterocycles. The molecule has 0 spiro atoms. The molecule has 1 rings (SSSR count). The molecule has 1 aromatic carbocycles. The molecule has 0 saturated carbocycles. The normalized spacial score (nSPS) is 13.6. The summed E-state index contributed by atoms with van der Waals surface area (Å²) in [5.41, 5.74) is 1.58. The molecule has 0 amide bonds. The maximum atomic E-state index is 5.61. The largest absolute Gasteiger partial charge is 0.352 e. The zero-order valence-corrected chi connectivity index (χ0v) is 14.2. The molecule has 0 bridgehead atoms. The summed E-state index contributed by atoms with van der Waals surface area (Å²) in [4.78, 5) is 0. The molecule has 0 radical (unpaired) electrons. The molecule has 1 unspecified atom stereocenters. The maximum absolute atomic E-state index is 5.61. The molecular formula is C18H31NO2. The molecule has 1 aromatic rings. The number of rotatable bonds is 9. The molecule has 3 nitrogen and oxygen atoms in total. The van der Waals surface area contributed by atoms with Gasteiger partial charge >= 0.3 is 0 Å². The lowest BCUT2D eigenvalue weighted by atomic mass is 9.85. The zero-order chi connectivity index (χ0) is 15.7. The van der Waals surface area contributed by atoms with Crippen LogP contribution in [-0.2, 0) is 9.47 Å². The first-order valence-corrected chi connectivity index (χ1v) is 7.97. The number of hydrogen-bond acceptors (Lipinski definition) is 3. The standard InChI is InChI=1S/C18H31NO2/c1-6-20-17(21-7-2)14-19-16(13-18(3,4)5)15-11-9-8-10-12-15/h8-12,16-17,19H,6-7,13-14H2,1-5H3. The van der Waals surface area contributed by atoms with E-state index in [4.69, 9.17) is 9.47 Å². The summed E-state index contributed by atoms with van der Waals surface area (Å²) in [7, 11) is 0. The van der Waals surface area contributed by atoms with Crippen molar-refractivity contribution in [1.82, 2.24) is 5.32 Å². The van der Waals surface area contributed by atoms with Crippen molar-refractivity contribution in [3.05, 3.63) is 35.9 Å². The number of ether oxygens (including phenoxy) is 2. The summed E-state index contributed by atoms with van der Waals surface area (Å²) < 4.78 is 11.2. The second-order valence-electron chi connectivity index (χ2n) is 6.48. The lowest BCUT2D eigenvalue weighted by Gasteiger charge is -2.29. The van der Waals surface area contributed by atoms with Gasteiger partial charge in [-0.1, -0.05) is 51.1 Å². The highest BCUT2D eigenvalue weighted by molar-refractivity contribution is 5.19. The summed E-state index contributed by atoms with van der Waals surface area (Å²) in [5.74, 6) is 0. The van der Waals surface area contributed by atoms with Crippen LogP contribution in [0.4, 0.5) is 0 Å². The van der Waals surface area contributed by atoms with Crippen LogP contribution in [0.2, 0.25) is 0 Å². The number of hydrogen-bond donors (Lipinski definition) is 1. The van der Waals surface area contributed by atoms with Crippen LogP contribution < -0.4 is 5.32 Å². The minimum atomic E-state index is -0.175. The van der Waals surface area contributed by atoms with Crippen molar-refractivity contribution >= 4 is 0 Å². The average Bonchev–Trinajstić information content (AvgIpc) is 2.43. The first-order valence-electron chi connectivity index (χ1n) is 7.97. The van der Waals surface area contributed by atoms with Crippen molar-refractivity contribution in [1.29, 1.82) is 0 Å². The van der Waals surface area contributed by atoms with E-state index in [1.165, 1.54) is 5.56 Å². The Balaban J connectivity index is 2.69. The highest BCUT2D eigenvalue weighted by atomic mass is 16.7. The lowest BCUT2D eigenvalue weighted by Crippen LogP contribution is -2.35. The quantitative estimate of drug-likeness (QED) is 0.694. The molecule has 21 heavy (non-hydrogen) atoms. The number of benzene rings is 1. The molecule has 1 atom stereocenters. The molecule has 0 heterocycles. The zero-order valence-electron chi connectivity index (χ0n) is 14.2. The third-order valence-corrected chi connectivity index (χ3v) is 3.25. The Morgan fingerprint density at radius 2 is 1.57 bits per heavy atom. The summed E-state index contributed by atoms with van der Waals surface area (Å²) in [6, 6.07) is 10.9. The van der Waals surface area contributed by atoms with Crippen molar-refractivity contribution in [2.24, 2.45) is 5.41 Å². The van der Waals surface area contributed by atoms with E-state index >= 15 is 0 Å². The van der Waals surface area contributed by atoms with Crippen LogP contribution in [0.1, 0.15) is 52.6 Å². The van der Waals surface area contributed by atoms with Gasteiger partial charge in [0.2, 0.25) is 0 Å². The van der Waals surface area contributed by atoms with Crippen LogP contribution in [-0.4, -0.2) is 26.0 Å². The van der Waals surface area contributed by atoms with Crippen molar-refractivity contribution in [3.8, 4) is 0 Å². The molecular weight excluding hydrogens is 262 g/mol. The minimum absolute atomic E-state index is 0.175. The Morgan fingerprint density at radius 1 is 1.00 bits per heavy atom. The summed E-state index contributed by atoms with van der Waals surface area (Å²) in [5, 5.41) is 3.61. The third-order valence-electron chi connectivity index (χ3n) is 3.25. The van der Waals surface area contributed by atoms with Crippen LogP contribution in [0.3, 0.4) is 0 Å². The SMILES string of the molecule is CCOC(CNC(CC(C)(C)C)c1ccccc1)OCC. The van der Waals surface area contributed by atoms with Gasteiger partial charge < -0.3 is 14.8 Å². The maximum Gasteiger partial charge on any atom is 0.169 e. The van der Waals surface area contributed by atoms with E-state index in [9.17, 15) is 0 Å². The Bertz CT molecular complexity index is 367. The lowest BCUT2D eigenvalue weighted by molar-refractivity contribution is -0.134. The molecule has 0 aliphatic rings. The van der Waals surface area contributed by atoms with Gasteiger partial charge in [0.1, 0.15) is 0 Å². The predicted molar refractivity (Wildman–Crippen MR) is 88.3 cm³/mol. The molecule has 0 fully saturated rings. The summed E-state index contributed by atoms with van der Waals surface area (Å²) in [6.45, 7) is 12.8. The van der Waals surface area contributed by atoms with Crippen LogP contribution in [0.15, 0.2) is 30.3 Å². The minimum Gasteiger partial charge on any atom is -0.352 e. The Kier molecular flexibility index (Phi) is 7.94. The average molecular weight is 293 g/mol. The Morgan fingerprint density at radius 3 is 2.05 bits per heavy atom. The van der Waals surface area contributed by atoms with E-state index < -0.39 is 0 Å². The van der Waals surface area contributed by atoms with E-state index in [2.05, 4.69) is 56.4 Å². The van der Waals surface area contributed by atoms with Gasteiger partial charge in [0, 0.05) is 25.8 Å². The van der Waals surface area contributed by atoms with Crippen molar-refractivity contribution in [2.75, 3.05) is 19.8 Å². The van der Waals surface area contributed by atoms with Crippen molar-refractivity contribution < 1.29 is 9.47 Å². The van der Waals surface area contributed by atoms with Gasteiger partial charge in [0.05, 0.1) is 0 Å². The smallest absolute Gasteiger partial charge is 0.169 e. The highest BCUT2D eigenvalue weighted by Gasteiger charge is 2.21. The van der Waals surface area contributed by atoms with Crippen LogP contribution >= 0.6 is 0 Å². The van der Waals surface area contributed by atoms with Gasteiger partial charge in [0.25, 0.3) is 0 Å². The fourth-order valence-corrected chi connectivity index (χ4v) is 2.38. The topological polar surface area (TPSA) is 30.5 Å². The Labute approximate surface area is 130 Å². The Hall–Kier alpha value is -0.900. The first-order chi connectivity index (χ1) is 9.96. The molecule has 0 saturated heterocycles. The monoisotopic (exact) mass is 293 g/mol. The van der Waals surface area contributed by atoms with Gasteiger partial charge in [-0.2, -0.15) is 0 Å². The second-order valence-corrected chi connectivity index (χ2v) is 6.48. The van der Waals surface area contributed by atoms with Gasteiger partial charge in [0.15, 0.2) is 6.29 Å². The van der Waals surface area contributed by atoms with Crippen LogP contribution in [0.5, 0.6) is 0 Å². The first kappa shape index (κ1) is 18.1. The van der Waals surface area contributed by atoms with Gasteiger partial charge in [-0.3, -0.25) is 0 Å². The highest BCUT2D eigenvalue weighted by Crippen LogP contribution is 2.29. The van der Waals surface area contributed by atoms with E-state index in [1.54, 1.807) is 0 Å². The van der Waals surface area contributed by atoms with E-state index in [0.29, 0.717) is 25.8 Å². The second kappa shape index (κ2) is 9.19. The fraction of sp³-hybridized carbons (Fsp3) is 0.667. The molecule has 0 aromatic heterocycles. The van der Waals surface area contributed by atoms with Gasteiger partial charge in [-0.25, -0.2) is 0 Å². The molecule has 120 valence electrons. The van der Waals surface area contributed by atoms with Crippen molar-refractivity contribution in [2.45, 2.75) is 53.4 Å². The van der Waals surface area contributed by atoms with E-state index in [0.717, 1.165) is 6.42 Å². The fourth-order valence-electron chi connectivity index (χ4n) is 2.38. The van der Waals surface area contributed by atoms with Crippen molar-refractivity contribution in [3.63, 3.8) is 0 Å². The van der Waals surface area contributed by atoms with Crippen LogP contribution in [0, 0.1) is 5.41 Å². The van der Waals surface area contributed by atoms with E-state index in [1.807, 2.05) is 13.8 Å². The predicted octanol–water partition coefficient (Wildman–Crippen LogP) is 4.15. The van der Waals surface area contributed by atoms with Gasteiger partial charge in [-0.05, 0) is 31.2 Å². The van der Waals surface area contributed by atoms with Gasteiger partial charge in [-0.15, -0.1) is 0 Å². The van der Waals surface area contributed by atoms with E-state index in [-0.39, 0.29) is 11.7 Å². The summed E-state index contributed by atoms with van der Waals surface area (Å²) >= 11 is 0. The molecule has 0 aliphatic carbocycles. The third kappa shape index (κ3) is 7.60. The molecule has 1 N–H and O–H groups in total.